The Morgan fingerprint density at radius 1 is 1.30 bits per heavy atom. The SMILES string of the molecule is [NH]CCCN1CCNCC1. The summed E-state index contributed by atoms with van der Waals surface area (Å²) in [5.74, 6) is 0. The van der Waals surface area contributed by atoms with Gasteiger partial charge in [-0.15, -0.1) is 0 Å². The van der Waals surface area contributed by atoms with Gasteiger partial charge >= 0.3 is 0 Å². The molecule has 0 amide bonds. The zero-order valence-corrected chi connectivity index (χ0v) is 6.40. The van der Waals surface area contributed by atoms with Crippen molar-refractivity contribution < 1.29 is 0 Å². The molecule has 1 rings (SSSR count). The maximum atomic E-state index is 6.98. The highest BCUT2D eigenvalue weighted by Crippen LogP contribution is 1.92. The first-order chi connectivity index (χ1) is 4.93. The fourth-order valence-electron chi connectivity index (χ4n) is 1.24. The molecule has 0 unspecified atom stereocenters. The van der Waals surface area contributed by atoms with E-state index in [2.05, 4.69) is 10.2 Å². The molecule has 1 radical (unpaired) electrons. The zero-order valence-electron chi connectivity index (χ0n) is 6.40. The number of piperazine rings is 1. The monoisotopic (exact) mass is 142 g/mol. The van der Waals surface area contributed by atoms with Gasteiger partial charge < -0.3 is 10.2 Å². The van der Waals surface area contributed by atoms with Crippen LogP contribution in [0.1, 0.15) is 6.42 Å². The summed E-state index contributed by atoms with van der Waals surface area (Å²) in [7, 11) is 0. The average Bonchev–Trinajstić information content (AvgIpc) is 2.03. The lowest BCUT2D eigenvalue weighted by atomic mass is 10.3. The van der Waals surface area contributed by atoms with Crippen molar-refractivity contribution in [3.8, 4) is 0 Å². The van der Waals surface area contributed by atoms with Crippen molar-refractivity contribution in [2.75, 3.05) is 39.3 Å². The number of hydrogen-bond acceptors (Lipinski definition) is 2. The molecule has 0 aliphatic carbocycles. The van der Waals surface area contributed by atoms with Crippen LogP contribution in [0, 0.1) is 0 Å². The van der Waals surface area contributed by atoms with Gasteiger partial charge in [-0.1, -0.05) is 0 Å². The lowest BCUT2D eigenvalue weighted by molar-refractivity contribution is 0.239. The topological polar surface area (TPSA) is 39.1 Å². The van der Waals surface area contributed by atoms with Crippen LogP contribution in [0.25, 0.3) is 0 Å². The van der Waals surface area contributed by atoms with Crippen LogP contribution in [0.2, 0.25) is 0 Å². The second-order valence-corrected chi connectivity index (χ2v) is 2.70. The standard InChI is InChI=1S/C7H16N3/c8-2-1-5-10-6-3-9-4-7-10/h8-9H,1-7H2. The van der Waals surface area contributed by atoms with Gasteiger partial charge in [-0.25, -0.2) is 0 Å². The molecule has 59 valence electrons. The highest BCUT2D eigenvalue weighted by Gasteiger charge is 2.07. The van der Waals surface area contributed by atoms with Gasteiger partial charge in [-0.3, -0.25) is 5.73 Å². The minimum Gasteiger partial charge on any atom is -0.314 e. The maximum absolute atomic E-state index is 6.98. The third-order valence-electron chi connectivity index (χ3n) is 1.86. The number of nitrogens with one attached hydrogen (secondary N) is 2. The van der Waals surface area contributed by atoms with Crippen LogP contribution in [0.5, 0.6) is 0 Å². The summed E-state index contributed by atoms with van der Waals surface area (Å²) in [5, 5.41) is 3.30. The van der Waals surface area contributed by atoms with E-state index >= 15 is 0 Å². The smallest absolute Gasteiger partial charge is 0.0112 e. The third-order valence-corrected chi connectivity index (χ3v) is 1.86. The van der Waals surface area contributed by atoms with Crippen LogP contribution < -0.4 is 11.1 Å². The van der Waals surface area contributed by atoms with Crippen LogP contribution in [-0.4, -0.2) is 44.2 Å². The van der Waals surface area contributed by atoms with Crippen LogP contribution in [0.3, 0.4) is 0 Å². The molecule has 0 bridgehead atoms. The largest absolute Gasteiger partial charge is 0.314 e. The molecule has 1 aliphatic heterocycles. The van der Waals surface area contributed by atoms with E-state index in [0.717, 1.165) is 26.1 Å². The summed E-state index contributed by atoms with van der Waals surface area (Å²) >= 11 is 0. The maximum Gasteiger partial charge on any atom is 0.0112 e. The number of rotatable bonds is 3. The Morgan fingerprint density at radius 2 is 2.00 bits per heavy atom. The summed E-state index contributed by atoms with van der Waals surface area (Å²) in [4.78, 5) is 2.42. The van der Waals surface area contributed by atoms with Gasteiger partial charge in [0, 0.05) is 32.7 Å². The highest BCUT2D eigenvalue weighted by molar-refractivity contribution is 4.66. The molecule has 1 saturated heterocycles. The van der Waals surface area contributed by atoms with Crippen LogP contribution in [0.15, 0.2) is 0 Å². The molecule has 2 N–H and O–H groups in total. The van der Waals surface area contributed by atoms with Gasteiger partial charge in [0.15, 0.2) is 0 Å². The third kappa shape index (κ3) is 2.64. The normalized spacial score (nSPS) is 21.3. The van der Waals surface area contributed by atoms with Crippen molar-refractivity contribution in [1.29, 1.82) is 0 Å². The molecule has 1 fully saturated rings. The van der Waals surface area contributed by atoms with Crippen molar-refractivity contribution in [3.63, 3.8) is 0 Å². The zero-order chi connectivity index (χ0) is 7.23. The van der Waals surface area contributed by atoms with Gasteiger partial charge in [-0.2, -0.15) is 0 Å². The van der Waals surface area contributed by atoms with Gasteiger partial charge in [-0.05, 0) is 13.0 Å². The van der Waals surface area contributed by atoms with E-state index in [9.17, 15) is 0 Å². The van der Waals surface area contributed by atoms with E-state index in [1.165, 1.54) is 13.1 Å². The minimum atomic E-state index is 0.573. The van der Waals surface area contributed by atoms with E-state index in [0.29, 0.717) is 6.54 Å². The highest BCUT2D eigenvalue weighted by atomic mass is 15.2. The number of nitrogens with zero attached hydrogens (tertiary/aromatic N) is 1. The van der Waals surface area contributed by atoms with E-state index < -0.39 is 0 Å². The van der Waals surface area contributed by atoms with Crippen LogP contribution in [-0.2, 0) is 0 Å². The van der Waals surface area contributed by atoms with Gasteiger partial charge in [0.25, 0.3) is 0 Å². The Bertz CT molecular complexity index is 78.9. The number of hydrogen-bond donors (Lipinski definition) is 1. The Balaban J connectivity index is 2.02. The lowest BCUT2D eigenvalue weighted by Gasteiger charge is -2.26. The van der Waals surface area contributed by atoms with Crippen LogP contribution in [0.4, 0.5) is 0 Å². The average molecular weight is 142 g/mol. The second-order valence-electron chi connectivity index (χ2n) is 2.70. The van der Waals surface area contributed by atoms with Gasteiger partial charge in [0.05, 0.1) is 0 Å². The quantitative estimate of drug-likeness (QED) is 0.580. The summed E-state index contributed by atoms with van der Waals surface area (Å²) in [5.41, 5.74) is 6.98. The second kappa shape index (κ2) is 4.66. The molecule has 1 aliphatic rings. The van der Waals surface area contributed by atoms with E-state index in [1.807, 2.05) is 0 Å². The fourth-order valence-corrected chi connectivity index (χ4v) is 1.24. The van der Waals surface area contributed by atoms with Crippen molar-refractivity contribution in [2.24, 2.45) is 0 Å². The molecule has 0 atom stereocenters. The Kier molecular flexibility index (Phi) is 3.72. The predicted octanol–water partition coefficient (Wildman–Crippen LogP) is -0.435. The summed E-state index contributed by atoms with van der Waals surface area (Å²) < 4.78 is 0. The van der Waals surface area contributed by atoms with Crippen molar-refractivity contribution in [3.05, 3.63) is 0 Å². The van der Waals surface area contributed by atoms with Crippen molar-refractivity contribution >= 4 is 0 Å². The molecule has 3 heteroatoms. The van der Waals surface area contributed by atoms with E-state index in [1.54, 1.807) is 0 Å². The lowest BCUT2D eigenvalue weighted by Crippen LogP contribution is -2.43. The van der Waals surface area contributed by atoms with Crippen LogP contribution >= 0.6 is 0 Å². The Labute approximate surface area is 62.6 Å². The molecule has 0 spiro atoms. The first-order valence-electron chi connectivity index (χ1n) is 4.01. The Morgan fingerprint density at radius 3 is 2.60 bits per heavy atom. The summed E-state index contributed by atoms with van der Waals surface area (Å²) in [6, 6.07) is 0. The van der Waals surface area contributed by atoms with Gasteiger partial charge in [0.2, 0.25) is 0 Å². The molecule has 0 saturated carbocycles. The molecular weight excluding hydrogens is 126 g/mol. The molecule has 0 aromatic heterocycles. The molecule has 0 aromatic rings. The minimum absolute atomic E-state index is 0.573. The van der Waals surface area contributed by atoms with Crippen molar-refractivity contribution in [2.45, 2.75) is 6.42 Å². The Hall–Kier alpha value is -0.120. The van der Waals surface area contributed by atoms with E-state index in [-0.39, 0.29) is 0 Å². The first-order valence-corrected chi connectivity index (χ1v) is 4.01. The molecule has 10 heavy (non-hydrogen) atoms. The van der Waals surface area contributed by atoms with E-state index in [4.69, 9.17) is 5.73 Å². The van der Waals surface area contributed by atoms with Crippen molar-refractivity contribution in [1.82, 2.24) is 16.0 Å². The molecule has 1 heterocycles. The van der Waals surface area contributed by atoms with Gasteiger partial charge in [0.1, 0.15) is 0 Å². The fraction of sp³-hybridized carbons (Fsp3) is 1.00. The first kappa shape index (κ1) is 7.98. The molecular formula is C7H16N3. The summed E-state index contributed by atoms with van der Waals surface area (Å²) in [6.45, 7) is 6.27. The predicted molar refractivity (Wildman–Crippen MR) is 41.9 cm³/mol. The summed E-state index contributed by atoms with van der Waals surface area (Å²) in [6.07, 6.45) is 1.03. The molecule has 0 aromatic carbocycles. The molecule has 3 nitrogen and oxygen atoms in total.